The summed E-state index contributed by atoms with van der Waals surface area (Å²) in [5, 5.41) is 0. The molecule has 8 heteroatoms. The van der Waals surface area contributed by atoms with E-state index in [1.54, 1.807) is 6.92 Å². The van der Waals surface area contributed by atoms with Crippen molar-refractivity contribution in [2.24, 2.45) is 11.5 Å². The van der Waals surface area contributed by atoms with Gasteiger partial charge in [-0.2, -0.15) is 0 Å². The predicted molar refractivity (Wildman–Crippen MR) is 89.7 cm³/mol. The average molecular weight is 329 g/mol. The Morgan fingerprint density at radius 2 is 0.957 bits per heavy atom. The van der Waals surface area contributed by atoms with Gasteiger partial charge in [-0.25, -0.2) is 0 Å². The lowest BCUT2D eigenvalue weighted by atomic mass is 10.3. The van der Waals surface area contributed by atoms with Crippen LogP contribution in [-0.4, -0.2) is 91.2 Å². The quantitative estimate of drug-likeness (QED) is 0.613. The van der Waals surface area contributed by atoms with Gasteiger partial charge < -0.3 is 11.5 Å². The summed E-state index contributed by atoms with van der Waals surface area (Å²) in [4.78, 5) is 39.4. The fourth-order valence-electron chi connectivity index (χ4n) is 2.41. The third-order valence-electron chi connectivity index (χ3n) is 3.40. The number of primary amides is 2. The highest BCUT2D eigenvalue weighted by molar-refractivity contribution is 5.77. The van der Waals surface area contributed by atoms with E-state index in [1.165, 1.54) is 0 Å². The fraction of sp³-hybridized carbons (Fsp3) is 0.800. The van der Waals surface area contributed by atoms with Crippen molar-refractivity contribution < 1.29 is 14.4 Å². The van der Waals surface area contributed by atoms with Crippen molar-refractivity contribution in [3.63, 3.8) is 0 Å². The molecule has 0 atom stereocenters. The van der Waals surface area contributed by atoms with Crippen LogP contribution in [0.1, 0.15) is 20.8 Å². The van der Waals surface area contributed by atoms with E-state index in [9.17, 15) is 14.4 Å². The van der Waals surface area contributed by atoms with Gasteiger partial charge in [0, 0.05) is 39.3 Å². The molecule has 1 saturated heterocycles. The standard InChI is InChI=1S/C13H25N5O3.C2H6/c1-11(19)8-16-2-4-17(9-12(14)20)6-7-18(5-3-16)10-13(15)21;1-2/h2-10H2,1H3,(H2,14,20)(H2,15,21);1-2H3. The first kappa shape index (κ1) is 21.5. The van der Waals surface area contributed by atoms with E-state index in [2.05, 4.69) is 0 Å². The van der Waals surface area contributed by atoms with E-state index < -0.39 is 0 Å². The summed E-state index contributed by atoms with van der Waals surface area (Å²) in [6, 6.07) is 0. The average Bonchev–Trinajstić information content (AvgIpc) is 2.54. The molecule has 23 heavy (non-hydrogen) atoms. The molecule has 4 N–H and O–H groups in total. The number of hydrogen-bond donors (Lipinski definition) is 2. The number of rotatable bonds is 6. The van der Waals surface area contributed by atoms with Crippen LogP contribution in [0.15, 0.2) is 0 Å². The maximum Gasteiger partial charge on any atom is 0.231 e. The van der Waals surface area contributed by atoms with Gasteiger partial charge in [0.1, 0.15) is 5.78 Å². The number of nitrogens with zero attached hydrogens (tertiary/aromatic N) is 3. The van der Waals surface area contributed by atoms with E-state index in [0.717, 1.165) is 0 Å². The van der Waals surface area contributed by atoms with Gasteiger partial charge in [0.2, 0.25) is 11.8 Å². The normalized spacial score (nSPS) is 18.0. The number of Topliss-reactive ketones (excluding diaryl/α,β-unsaturated/α-hetero) is 1. The van der Waals surface area contributed by atoms with Crippen LogP contribution in [0, 0.1) is 0 Å². The molecule has 0 aromatic heterocycles. The molecule has 0 radical (unpaired) electrons. The molecule has 0 aliphatic carbocycles. The molecule has 1 aliphatic heterocycles. The molecule has 1 aliphatic rings. The summed E-state index contributed by atoms with van der Waals surface area (Å²) >= 11 is 0. The minimum absolute atomic E-state index is 0.0946. The van der Waals surface area contributed by atoms with Crippen LogP contribution in [0.5, 0.6) is 0 Å². The molecule has 134 valence electrons. The summed E-state index contributed by atoms with van der Waals surface area (Å²) in [7, 11) is 0. The molecule has 0 saturated carbocycles. The van der Waals surface area contributed by atoms with Crippen LogP contribution >= 0.6 is 0 Å². The van der Waals surface area contributed by atoms with Gasteiger partial charge in [0.25, 0.3) is 0 Å². The zero-order valence-electron chi connectivity index (χ0n) is 14.6. The van der Waals surface area contributed by atoms with E-state index in [4.69, 9.17) is 11.5 Å². The summed E-state index contributed by atoms with van der Waals surface area (Å²) in [6.07, 6.45) is 0. The SMILES string of the molecule is CC.CC(=O)CN1CCN(CC(N)=O)CCN(CC(N)=O)CC1. The maximum atomic E-state index is 11.3. The van der Waals surface area contributed by atoms with Gasteiger partial charge >= 0.3 is 0 Å². The van der Waals surface area contributed by atoms with E-state index in [1.807, 2.05) is 28.5 Å². The lowest BCUT2D eigenvalue weighted by molar-refractivity contribution is -0.120. The Morgan fingerprint density at radius 3 is 1.17 bits per heavy atom. The monoisotopic (exact) mass is 329 g/mol. The van der Waals surface area contributed by atoms with Gasteiger partial charge in [-0.05, 0) is 6.92 Å². The summed E-state index contributed by atoms with van der Waals surface area (Å²) < 4.78 is 0. The first-order valence-corrected chi connectivity index (χ1v) is 8.10. The third-order valence-corrected chi connectivity index (χ3v) is 3.40. The zero-order valence-corrected chi connectivity index (χ0v) is 14.6. The number of carbonyl (C=O) groups is 3. The number of hydrogen-bond acceptors (Lipinski definition) is 6. The van der Waals surface area contributed by atoms with Gasteiger partial charge in [-0.3, -0.25) is 29.1 Å². The van der Waals surface area contributed by atoms with Crippen molar-refractivity contribution in [3.05, 3.63) is 0 Å². The molecule has 1 rings (SSSR count). The highest BCUT2D eigenvalue weighted by Gasteiger charge is 2.18. The Bertz CT molecular complexity index is 320. The van der Waals surface area contributed by atoms with Crippen molar-refractivity contribution in [1.82, 2.24) is 14.7 Å². The first-order valence-electron chi connectivity index (χ1n) is 8.10. The van der Waals surface area contributed by atoms with Crippen molar-refractivity contribution in [1.29, 1.82) is 0 Å². The fourth-order valence-corrected chi connectivity index (χ4v) is 2.41. The van der Waals surface area contributed by atoms with E-state index in [0.29, 0.717) is 45.8 Å². The van der Waals surface area contributed by atoms with Crippen molar-refractivity contribution in [3.8, 4) is 0 Å². The second-order valence-electron chi connectivity index (χ2n) is 5.46. The highest BCUT2D eigenvalue weighted by atomic mass is 16.1. The van der Waals surface area contributed by atoms with Gasteiger partial charge in [0.05, 0.1) is 19.6 Å². The zero-order chi connectivity index (χ0) is 17.8. The second kappa shape index (κ2) is 12.0. The largest absolute Gasteiger partial charge is 0.369 e. The smallest absolute Gasteiger partial charge is 0.231 e. The van der Waals surface area contributed by atoms with Gasteiger partial charge in [-0.1, -0.05) is 13.8 Å². The second-order valence-corrected chi connectivity index (χ2v) is 5.46. The Morgan fingerprint density at radius 1 is 0.696 bits per heavy atom. The summed E-state index contributed by atoms with van der Waals surface area (Å²) in [5.74, 6) is -0.667. The van der Waals surface area contributed by atoms with Gasteiger partial charge in [0.15, 0.2) is 0 Å². The number of nitrogens with two attached hydrogens (primary N) is 2. The van der Waals surface area contributed by atoms with Crippen LogP contribution in [0.3, 0.4) is 0 Å². The lowest BCUT2D eigenvalue weighted by Gasteiger charge is -2.24. The minimum atomic E-state index is -0.381. The Labute approximate surface area is 138 Å². The predicted octanol–water partition coefficient (Wildman–Crippen LogP) is -1.51. The molecular formula is C15H31N5O3. The molecule has 1 fully saturated rings. The van der Waals surface area contributed by atoms with Crippen LogP contribution < -0.4 is 11.5 Å². The lowest BCUT2D eigenvalue weighted by Crippen LogP contribution is -2.42. The van der Waals surface area contributed by atoms with Crippen molar-refractivity contribution in [2.45, 2.75) is 20.8 Å². The number of carbonyl (C=O) groups excluding carboxylic acids is 3. The summed E-state index contributed by atoms with van der Waals surface area (Å²) in [5.41, 5.74) is 10.5. The Balaban J connectivity index is 0.00000232. The third kappa shape index (κ3) is 10.8. The van der Waals surface area contributed by atoms with Crippen molar-refractivity contribution in [2.75, 3.05) is 58.9 Å². The summed E-state index contributed by atoms with van der Waals surface area (Å²) in [6.45, 7) is 10.3. The van der Waals surface area contributed by atoms with Crippen LogP contribution in [-0.2, 0) is 14.4 Å². The molecule has 0 aromatic rings. The Hall–Kier alpha value is -1.51. The molecular weight excluding hydrogens is 298 g/mol. The van der Waals surface area contributed by atoms with Crippen molar-refractivity contribution >= 4 is 17.6 Å². The van der Waals surface area contributed by atoms with Crippen LogP contribution in [0.25, 0.3) is 0 Å². The molecule has 0 spiro atoms. The molecule has 2 amide bonds. The number of amides is 2. The highest BCUT2D eigenvalue weighted by Crippen LogP contribution is 2.00. The van der Waals surface area contributed by atoms with E-state index in [-0.39, 0.29) is 30.7 Å². The van der Waals surface area contributed by atoms with Crippen LogP contribution in [0.2, 0.25) is 0 Å². The number of ketones is 1. The topological polar surface area (TPSA) is 113 Å². The molecule has 0 bridgehead atoms. The molecule has 1 heterocycles. The molecule has 8 nitrogen and oxygen atoms in total. The first-order chi connectivity index (χ1) is 10.9. The molecule has 0 aromatic carbocycles. The van der Waals surface area contributed by atoms with E-state index >= 15 is 0 Å². The van der Waals surface area contributed by atoms with Crippen LogP contribution in [0.4, 0.5) is 0 Å². The minimum Gasteiger partial charge on any atom is -0.369 e. The maximum absolute atomic E-state index is 11.3. The van der Waals surface area contributed by atoms with Gasteiger partial charge in [-0.15, -0.1) is 0 Å². The molecule has 0 unspecified atom stereocenters. The Kier molecular flexibility index (Phi) is 11.2.